The Kier molecular flexibility index (Phi) is 2.43. The van der Waals surface area contributed by atoms with E-state index in [1.54, 1.807) is 0 Å². The molecule has 5 heteroatoms. The van der Waals surface area contributed by atoms with Crippen LogP contribution >= 0.6 is 11.3 Å². The number of sulfonamides is 1. The van der Waals surface area contributed by atoms with E-state index in [1.165, 1.54) is 17.4 Å². The highest BCUT2D eigenvalue weighted by Crippen LogP contribution is 2.10. The van der Waals surface area contributed by atoms with Crippen LogP contribution in [-0.4, -0.2) is 8.42 Å². The Labute approximate surface area is 69.2 Å². The molecular weight excluding hydrogens is 182 g/mol. The van der Waals surface area contributed by atoms with Gasteiger partial charge in [0.1, 0.15) is 0 Å². The number of primary sulfonamides is 1. The average molecular weight is 189 g/mol. The van der Waals surface area contributed by atoms with Crippen molar-refractivity contribution in [3.05, 3.63) is 27.8 Å². The minimum absolute atomic E-state index is 0.874. The molecule has 0 unspecified atom stereocenters. The zero-order valence-electron chi connectivity index (χ0n) is 5.60. The molecule has 0 spiro atoms. The Hall–Kier alpha value is -0.650. The topological polar surface area (TPSA) is 60.2 Å². The predicted molar refractivity (Wildman–Crippen MR) is 46.5 cm³/mol. The molecule has 11 heavy (non-hydrogen) atoms. The van der Waals surface area contributed by atoms with E-state index in [-0.39, 0.29) is 0 Å². The second-order valence-corrected chi connectivity index (χ2v) is 4.34. The van der Waals surface area contributed by atoms with Gasteiger partial charge < -0.3 is 0 Å². The van der Waals surface area contributed by atoms with Gasteiger partial charge in [-0.3, -0.25) is 0 Å². The van der Waals surface area contributed by atoms with E-state index >= 15 is 0 Å². The van der Waals surface area contributed by atoms with E-state index in [4.69, 9.17) is 5.14 Å². The van der Waals surface area contributed by atoms with Gasteiger partial charge in [-0.15, -0.1) is 11.3 Å². The Morgan fingerprint density at radius 3 is 2.73 bits per heavy atom. The normalized spacial score (nSPS) is 12.5. The van der Waals surface area contributed by atoms with Gasteiger partial charge in [-0.05, 0) is 17.5 Å². The largest absolute Gasteiger partial charge is 0.231 e. The molecular formula is C6H7NO2S2. The van der Waals surface area contributed by atoms with Crippen LogP contribution in [0.15, 0.2) is 22.9 Å². The van der Waals surface area contributed by atoms with Crippen molar-refractivity contribution in [3.8, 4) is 0 Å². The molecule has 0 aromatic carbocycles. The summed E-state index contributed by atoms with van der Waals surface area (Å²) in [5, 5.41) is 7.59. The zero-order chi connectivity index (χ0) is 8.32. The fraction of sp³-hybridized carbons (Fsp3) is 0. The van der Waals surface area contributed by atoms with Crippen LogP contribution in [0.1, 0.15) is 4.88 Å². The quantitative estimate of drug-likeness (QED) is 0.754. The van der Waals surface area contributed by atoms with Gasteiger partial charge in [0, 0.05) is 10.3 Å². The SMILES string of the molecule is NS(=O)(=O)C=Cc1cccs1. The summed E-state index contributed by atoms with van der Waals surface area (Å²) in [7, 11) is -3.47. The van der Waals surface area contributed by atoms with Crippen LogP contribution in [0.3, 0.4) is 0 Å². The zero-order valence-corrected chi connectivity index (χ0v) is 7.23. The molecule has 0 bridgehead atoms. The summed E-state index contributed by atoms with van der Waals surface area (Å²) in [6, 6.07) is 3.65. The van der Waals surface area contributed by atoms with Crippen molar-refractivity contribution in [3.63, 3.8) is 0 Å². The molecule has 2 N–H and O–H groups in total. The Balaban J connectivity index is 2.79. The van der Waals surface area contributed by atoms with Crippen LogP contribution in [0.5, 0.6) is 0 Å². The Morgan fingerprint density at radius 2 is 2.27 bits per heavy atom. The lowest BCUT2D eigenvalue weighted by Crippen LogP contribution is -2.06. The van der Waals surface area contributed by atoms with Crippen LogP contribution in [0.25, 0.3) is 6.08 Å². The van der Waals surface area contributed by atoms with Gasteiger partial charge in [-0.2, -0.15) is 0 Å². The summed E-state index contributed by atoms with van der Waals surface area (Å²) in [4.78, 5) is 0.874. The van der Waals surface area contributed by atoms with Gasteiger partial charge in [-0.1, -0.05) is 6.07 Å². The minimum atomic E-state index is -3.47. The van der Waals surface area contributed by atoms with Crippen molar-refractivity contribution in [2.75, 3.05) is 0 Å². The smallest absolute Gasteiger partial charge is 0.225 e. The van der Waals surface area contributed by atoms with Gasteiger partial charge in [0.15, 0.2) is 0 Å². The van der Waals surface area contributed by atoms with E-state index in [0.717, 1.165) is 10.3 Å². The standard InChI is InChI=1S/C6H7NO2S2/c7-11(8,9)5-3-6-2-1-4-10-6/h1-5H,(H2,7,8,9). The van der Waals surface area contributed by atoms with Gasteiger partial charge in [-0.25, -0.2) is 13.6 Å². The maximum Gasteiger partial charge on any atom is 0.231 e. The molecule has 3 nitrogen and oxygen atoms in total. The monoisotopic (exact) mass is 189 g/mol. The Bertz CT molecular complexity index is 337. The third kappa shape index (κ3) is 3.31. The maximum atomic E-state index is 10.4. The van der Waals surface area contributed by atoms with Crippen molar-refractivity contribution in [1.29, 1.82) is 0 Å². The van der Waals surface area contributed by atoms with Crippen molar-refractivity contribution in [2.45, 2.75) is 0 Å². The van der Waals surface area contributed by atoms with Crippen molar-refractivity contribution >= 4 is 27.4 Å². The summed E-state index contributed by atoms with van der Waals surface area (Å²) in [5.74, 6) is 0. The second-order valence-electron chi connectivity index (χ2n) is 1.91. The van der Waals surface area contributed by atoms with Crippen LogP contribution in [0.2, 0.25) is 0 Å². The maximum absolute atomic E-state index is 10.4. The molecule has 1 aromatic heterocycles. The molecule has 0 radical (unpaired) electrons. The number of thiophene rings is 1. The summed E-state index contributed by atoms with van der Waals surface area (Å²) in [5.41, 5.74) is 0. The lowest BCUT2D eigenvalue weighted by molar-refractivity contribution is 0.606. The molecule has 0 atom stereocenters. The van der Waals surface area contributed by atoms with Gasteiger partial charge in [0.25, 0.3) is 0 Å². The summed E-state index contributed by atoms with van der Waals surface area (Å²) in [6.07, 6.45) is 1.47. The molecule has 0 aliphatic carbocycles. The molecule has 0 fully saturated rings. The molecule has 0 saturated heterocycles. The van der Waals surface area contributed by atoms with Crippen LogP contribution < -0.4 is 5.14 Å². The van der Waals surface area contributed by atoms with Gasteiger partial charge in [0.05, 0.1) is 0 Å². The van der Waals surface area contributed by atoms with Crippen LogP contribution in [-0.2, 0) is 10.0 Å². The van der Waals surface area contributed by atoms with E-state index in [1.807, 2.05) is 17.5 Å². The minimum Gasteiger partial charge on any atom is -0.225 e. The van der Waals surface area contributed by atoms with Crippen LogP contribution in [0, 0.1) is 0 Å². The van der Waals surface area contributed by atoms with E-state index < -0.39 is 10.0 Å². The van der Waals surface area contributed by atoms with Gasteiger partial charge in [0.2, 0.25) is 10.0 Å². The first-order valence-electron chi connectivity index (χ1n) is 2.82. The first-order chi connectivity index (χ1) is 5.08. The lowest BCUT2D eigenvalue weighted by Gasteiger charge is -1.83. The molecule has 0 aliphatic heterocycles. The molecule has 0 amide bonds. The van der Waals surface area contributed by atoms with Gasteiger partial charge >= 0.3 is 0 Å². The first-order valence-corrected chi connectivity index (χ1v) is 5.31. The van der Waals surface area contributed by atoms with Crippen molar-refractivity contribution in [1.82, 2.24) is 0 Å². The first kappa shape index (κ1) is 8.45. The molecule has 0 aliphatic rings. The number of rotatable bonds is 2. The van der Waals surface area contributed by atoms with Crippen molar-refractivity contribution in [2.24, 2.45) is 5.14 Å². The van der Waals surface area contributed by atoms with Crippen molar-refractivity contribution < 1.29 is 8.42 Å². The Morgan fingerprint density at radius 1 is 1.55 bits per heavy atom. The summed E-state index contributed by atoms with van der Waals surface area (Å²) in [6.45, 7) is 0. The second kappa shape index (κ2) is 3.17. The summed E-state index contributed by atoms with van der Waals surface area (Å²) >= 11 is 1.46. The van der Waals surface area contributed by atoms with E-state index in [0.29, 0.717) is 0 Å². The average Bonchev–Trinajstić information content (AvgIpc) is 2.32. The fourth-order valence-corrected chi connectivity index (χ4v) is 1.59. The van der Waals surface area contributed by atoms with E-state index in [9.17, 15) is 8.42 Å². The molecule has 0 saturated carbocycles. The molecule has 60 valence electrons. The molecule has 1 rings (SSSR count). The van der Waals surface area contributed by atoms with E-state index in [2.05, 4.69) is 0 Å². The molecule has 1 aromatic rings. The highest BCUT2D eigenvalue weighted by molar-refractivity contribution is 7.92. The highest BCUT2D eigenvalue weighted by Gasteiger charge is 1.93. The fourth-order valence-electron chi connectivity index (χ4n) is 0.548. The summed E-state index contributed by atoms with van der Waals surface area (Å²) < 4.78 is 20.8. The highest BCUT2D eigenvalue weighted by atomic mass is 32.2. The number of nitrogens with two attached hydrogens (primary N) is 1. The molecule has 1 heterocycles. The third-order valence-electron chi connectivity index (χ3n) is 0.965. The number of hydrogen-bond donors (Lipinski definition) is 1. The van der Waals surface area contributed by atoms with Crippen LogP contribution in [0.4, 0.5) is 0 Å². The number of hydrogen-bond acceptors (Lipinski definition) is 3. The lowest BCUT2D eigenvalue weighted by atomic mass is 10.5. The third-order valence-corrected chi connectivity index (χ3v) is 2.32. The predicted octanol–water partition coefficient (Wildman–Crippen LogP) is 1.01.